The summed E-state index contributed by atoms with van der Waals surface area (Å²) in [5.74, 6) is 0.452. The van der Waals surface area contributed by atoms with Gasteiger partial charge in [-0.3, -0.25) is 9.69 Å². The number of allylic oxidation sites excluding steroid dienone is 1. The van der Waals surface area contributed by atoms with Crippen molar-refractivity contribution in [2.24, 2.45) is 10.9 Å². The molecule has 1 amide bonds. The minimum Gasteiger partial charge on any atom is -0.497 e. The Morgan fingerprint density at radius 3 is 2.56 bits per heavy atom. The van der Waals surface area contributed by atoms with Gasteiger partial charge in [0, 0.05) is 0 Å². The maximum Gasteiger partial charge on any atom is 0.338 e. The Hall–Kier alpha value is -2.28. The molecule has 1 aromatic rings. The molecule has 0 saturated carbocycles. The normalized spacial score (nSPS) is 22.1. The summed E-state index contributed by atoms with van der Waals surface area (Å²) in [4.78, 5) is 31.8. The van der Waals surface area contributed by atoms with Crippen LogP contribution in [0, 0.1) is 5.92 Å². The van der Waals surface area contributed by atoms with E-state index in [0.717, 1.165) is 5.56 Å². The number of rotatable bonds is 5. The summed E-state index contributed by atoms with van der Waals surface area (Å²) in [6, 6.07) is 6.84. The zero-order valence-electron chi connectivity index (χ0n) is 16.2. The van der Waals surface area contributed by atoms with Gasteiger partial charge in [-0.25, -0.2) is 9.79 Å². The van der Waals surface area contributed by atoms with Crippen molar-refractivity contribution in [2.45, 2.75) is 39.0 Å². The van der Waals surface area contributed by atoms with Crippen LogP contribution >= 0.6 is 11.8 Å². The van der Waals surface area contributed by atoms with E-state index in [1.807, 2.05) is 45.0 Å². The van der Waals surface area contributed by atoms with Gasteiger partial charge in [-0.15, -0.1) is 0 Å². The van der Waals surface area contributed by atoms with Crippen molar-refractivity contribution < 1.29 is 19.1 Å². The number of carbonyl (C=O) groups excluding carboxylic acids is 2. The number of nitrogens with zero attached hydrogens (tertiary/aromatic N) is 2. The maximum absolute atomic E-state index is 12.9. The van der Waals surface area contributed by atoms with Gasteiger partial charge in [0.25, 0.3) is 0 Å². The quantitative estimate of drug-likeness (QED) is 0.722. The predicted molar refractivity (Wildman–Crippen MR) is 106 cm³/mol. The summed E-state index contributed by atoms with van der Waals surface area (Å²) in [5.41, 5.74) is 1.82. The van der Waals surface area contributed by atoms with Crippen LogP contribution in [0.3, 0.4) is 0 Å². The predicted octanol–water partition coefficient (Wildman–Crippen LogP) is 3.54. The molecule has 0 N–H and O–H groups in total. The summed E-state index contributed by atoms with van der Waals surface area (Å²) in [6.07, 6.45) is 0. The summed E-state index contributed by atoms with van der Waals surface area (Å²) < 4.78 is 10.7. The molecule has 1 saturated heterocycles. The fraction of sp³-hybridized carbons (Fsp3) is 0.450. The van der Waals surface area contributed by atoms with Gasteiger partial charge in [-0.05, 0) is 37.5 Å². The molecule has 0 aromatic heterocycles. The Bertz CT molecular complexity index is 814. The van der Waals surface area contributed by atoms with Gasteiger partial charge in [0.05, 0.1) is 36.3 Å². The van der Waals surface area contributed by atoms with Crippen LogP contribution < -0.4 is 4.74 Å². The molecule has 1 fully saturated rings. The standard InChI is InChI=1S/C20H24N2O4S/c1-11(2)10-26-19(24)16-12(3)21-20-22(18(23)13(4)27-20)17(16)14-6-8-15(25-5)9-7-14/h6-9,11,13,17H,10H2,1-5H3/t13-,17-/m1/s1. The minimum absolute atomic E-state index is 0.0544. The van der Waals surface area contributed by atoms with Crippen molar-refractivity contribution in [3.8, 4) is 5.75 Å². The molecule has 6 nitrogen and oxygen atoms in total. The number of amides is 1. The van der Waals surface area contributed by atoms with E-state index in [0.29, 0.717) is 28.8 Å². The molecule has 1 aromatic carbocycles. The highest BCUT2D eigenvalue weighted by atomic mass is 32.2. The van der Waals surface area contributed by atoms with E-state index in [-0.39, 0.29) is 17.1 Å². The Balaban J connectivity index is 2.05. The Morgan fingerprint density at radius 2 is 1.96 bits per heavy atom. The third-order valence-electron chi connectivity index (χ3n) is 4.46. The summed E-state index contributed by atoms with van der Waals surface area (Å²) in [7, 11) is 1.60. The zero-order chi connectivity index (χ0) is 19.7. The maximum atomic E-state index is 12.9. The molecule has 2 aliphatic rings. The highest BCUT2D eigenvalue weighted by molar-refractivity contribution is 8.15. The molecule has 2 aliphatic heterocycles. The second-order valence-electron chi connectivity index (χ2n) is 7.03. The minimum atomic E-state index is -0.548. The van der Waals surface area contributed by atoms with E-state index in [9.17, 15) is 9.59 Å². The smallest absolute Gasteiger partial charge is 0.338 e. The Labute approximate surface area is 163 Å². The monoisotopic (exact) mass is 388 g/mol. The molecule has 27 heavy (non-hydrogen) atoms. The van der Waals surface area contributed by atoms with Gasteiger partial charge in [0.1, 0.15) is 5.75 Å². The average molecular weight is 388 g/mol. The topological polar surface area (TPSA) is 68.2 Å². The van der Waals surface area contributed by atoms with Crippen molar-refractivity contribution >= 4 is 28.8 Å². The third-order valence-corrected chi connectivity index (χ3v) is 5.51. The first-order chi connectivity index (χ1) is 12.8. The largest absolute Gasteiger partial charge is 0.497 e. The second kappa shape index (κ2) is 7.76. The molecule has 7 heteroatoms. The Kier molecular flexibility index (Phi) is 5.60. The lowest BCUT2D eigenvalue weighted by Gasteiger charge is -2.33. The first kappa shape index (κ1) is 19.5. The third kappa shape index (κ3) is 3.74. The number of amidine groups is 1. The second-order valence-corrected chi connectivity index (χ2v) is 8.34. The molecule has 3 rings (SSSR count). The van der Waals surface area contributed by atoms with E-state index in [1.165, 1.54) is 11.8 Å². The highest BCUT2D eigenvalue weighted by Gasteiger charge is 2.46. The zero-order valence-corrected chi connectivity index (χ0v) is 17.0. The van der Waals surface area contributed by atoms with E-state index in [2.05, 4.69) is 4.99 Å². The Morgan fingerprint density at radius 1 is 1.30 bits per heavy atom. The van der Waals surface area contributed by atoms with Crippen molar-refractivity contribution in [3.63, 3.8) is 0 Å². The lowest BCUT2D eigenvalue weighted by molar-refractivity contribution is -0.141. The summed E-state index contributed by atoms with van der Waals surface area (Å²) in [5, 5.41) is 0.398. The van der Waals surface area contributed by atoms with Crippen LogP contribution in [0.1, 0.15) is 39.3 Å². The molecule has 2 heterocycles. The van der Waals surface area contributed by atoms with Crippen LogP contribution in [0.15, 0.2) is 40.5 Å². The highest BCUT2D eigenvalue weighted by Crippen LogP contribution is 2.43. The SMILES string of the molecule is COc1ccc([C@@H]2C(C(=O)OCC(C)C)=C(C)N=C3S[C@H](C)C(=O)N32)cc1. The van der Waals surface area contributed by atoms with Crippen molar-refractivity contribution in [3.05, 3.63) is 41.1 Å². The number of esters is 1. The molecule has 0 radical (unpaired) electrons. The van der Waals surface area contributed by atoms with Crippen LogP contribution in [0.4, 0.5) is 0 Å². The fourth-order valence-electron chi connectivity index (χ4n) is 3.09. The van der Waals surface area contributed by atoms with E-state index >= 15 is 0 Å². The van der Waals surface area contributed by atoms with Crippen LogP contribution in [0.5, 0.6) is 5.75 Å². The lowest BCUT2D eigenvalue weighted by atomic mass is 9.94. The summed E-state index contributed by atoms with van der Waals surface area (Å²) >= 11 is 1.41. The van der Waals surface area contributed by atoms with Gasteiger partial charge in [-0.1, -0.05) is 37.7 Å². The van der Waals surface area contributed by atoms with Crippen molar-refractivity contribution in [1.29, 1.82) is 0 Å². The van der Waals surface area contributed by atoms with Crippen LogP contribution in [-0.4, -0.2) is 40.9 Å². The van der Waals surface area contributed by atoms with Crippen LogP contribution in [-0.2, 0) is 14.3 Å². The number of carbonyl (C=O) groups is 2. The lowest BCUT2D eigenvalue weighted by Crippen LogP contribution is -2.40. The molecule has 0 spiro atoms. The molecule has 2 atom stereocenters. The van der Waals surface area contributed by atoms with E-state index in [1.54, 1.807) is 18.9 Å². The average Bonchev–Trinajstić information content (AvgIpc) is 2.92. The molecular weight excluding hydrogens is 364 g/mol. The van der Waals surface area contributed by atoms with E-state index < -0.39 is 12.0 Å². The number of benzene rings is 1. The van der Waals surface area contributed by atoms with Gasteiger partial charge >= 0.3 is 5.97 Å². The first-order valence-electron chi connectivity index (χ1n) is 8.93. The van der Waals surface area contributed by atoms with Crippen molar-refractivity contribution in [1.82, 2.24) is 4.90 Å². The number of hydrogen-bond acceptors (Lipinski definition) is 6. The molecule has 0 aliphatic carbocycles. The number of fused-ring (bicyclic) bond motifs is 1. The van der Waals surface area contributed by atoms with Gasteiger partial charge in [0.15, 0.2) is 5.17 Å². The number of aliphatic imine (C=N–C) groups is 1. The molecule has 0 bridgehead atoms. The fourth-order valence-corrected chi connectivity index (χ4v) is 4.11. The number of hydrogen-bond donors (Lipinski definition) is 0. The van der Waals surface area contributed by atoms with Gasteiger partial charge < -0.3 is 9.47 Å². The molecular formula is C20H24N2O4S. The first-order valence-corrected chi connectivity index (χ1v) is 9.81. The summed E-state index contributed by atoms with van der Waals surface area (Å²) in [6.45, 7) is 7.93. The number of methoxy groups -OCH3 is 1. The van der Waals surface area contributed by atoms with Gasteiger partial charge in [-0.2, -0.15) is 0 Å². The number of thioether (sulfide) groups is 1. The van der Waals surface area contributed by atoms with Crippen molar-refractivity contribution in [2.75, 3.05) is 13.7 Å². The van der Waals surface area contributed by atoms with E-state index in [4.69, 9.17) is 9.47 Å². The van der Waals surface area contributed by atoms with Crippen LogP contribution in [0.25, 0.3) is 0 Å². The van der Waals surface area contributed by atoms with Gasteiger partial charge in [0.2, 0.25) is 5.91 Å². The molecule has 0 unspecified atom stereocenters. The number of ether oxygens (including phenoxy) is 2. The molecule has 144 valence electrons. The van der Waals surface area contributed by atoms with Crippen LogP contribution in [0.2, 0.25) is 0 Å².